The zero-order valence-electron chi connectivity index (χ0n) is 11.1. The number of methoxy groups -OCH3 is 1. The second-order valence-electron chi connectivity index (χ2n) is 4.82. The van der Waals surface area contributed by atoms with Gasteiger partial charge in [0.15, 0.2) is 11.5 Å². The van der Waals surface area contributed by atoms with Crippen molar-refractivity contribution in [2.45, 2.75) is 5.79 Å². The van der Waals surface area contributed by atoms with Crippen molar-refractivity contribution in [3.63, 3.8) is 0 Å². The molecule has 1 atom stereocenters. The van der Waals surface area contributed by atoms with Gasteiger partial charge in [-0.2, -0.15) is 0 Å². The first-order chi connectivity index (χ1) is 10.2. The van der Waals surface area contributed by atoms with E-state index in [4.69, 9.17) is 14.2 Å². The molecule has 0 radical (unpaired) electrons. The van der Waals surface area contributed by atoms with E-state index in [-0.39, 0.29) is 0 Å². The number of Topliss-reactive ketones (excluding diaryl/α,β-unsaturated/α-hetero) is 1. The molecule has 0 saturated heterocycles. The Balaban J connectivity index is 1.94. The van der Waals surface area contributed by atoms with Crippen LogP contribution in [0.3, 0.4) is 0 Å². The number of carbonyl (C=O) groups excluding carboxylic acids is 2. The third kappa shape index (κ3) is 1.35. The van der Waals surface area contributed by atoms with E-state index in [2.05, 4.69) is 0 Å². The smallest absolute Gasteiger partial charge is 0.347 e. The molecule has 1 spiro atoms. The van der Waals surface area contributed by atoms with E-state index in [1.807, 2.05) is 0 Å². The lowest BCUT2D eigenvalue weighted by molar-refractivity contribution is -0.0985. The first-order valence-electron chi connectivity index (χ1n) is 6.41. The average Bonchev–Trinajstić information content (AvgIpc) is 2.96. The van der Waals surface area contributed by atoms with Crippen LogP contribution in [0.4, 0.5) is 0 Å². The van der Waals surface area contributed by atoms with Crippen LogP contribution in [0.5, 0.6) is 11.5 Å². The van der Waals surface area contributed by atoms with Crippen LogP contribution in [0.15, 0.2) is 42.5 Å². The van der Waals surface area contributed by atoms with E-state index in [0.717, 1.165) is 0 Å². The quantitative estimate of drug-likeness (QED) is 0.751. The Labute approximate surface area is 120 Å². The molecule has 0 fully saturated rings. The normalized spacial score (nSPS) is 21.8. The zero-order chi connectivity index (χ0) is 14.6. The lowest BCUT2D eigenvalue weighted by Gasteiger charge is -2.21. The molecule has 104 valence electrons. The fourth-order valence-corrected chi connectivity index (χ4v) is 2.76. The number of fused-ring (bicyclic) bond motifs is 3. The number of ether oxygens (including phenoxy) is 3. The van der Waals surface area contributed by atoms with E-state index >= 15 is 0 Å². The SMILES string of the molecule is COc1cccc2c1OC1(OC(=O)c3ccccc31)C2=O. The van der Waals surface area contributed by atoms with Gasteiger partial charge >= 0.3 is 11.8 Å². The van der Waals surface area contributed by atoms with Crippen molar-refractivity contribution in [2.24, 2.45) is 0 Å². The highest BCUT2D eigenvalue weighted by atomic mass is 16.7. The molecule has 5 heteroatoms. The van der Waals surface area contributed by atoms with Crippen molar-refractivity contribution in [1.29, 1.82) is 0 Å². The van der Waals surface area contributed by atoms with Gasteiger partial charge in [0, 0.05) is 0 Å². The lowest BCUT2D eigenvalue weighted by atomic mass is 9.97. The Kier molecular flexibility index (Phi) is 2.19. The summed E-state index contributed by atoms with van der Waals surface area (Å²) in [4.78, 5) is 24.7. The molecule has 0 N–H and O–H groups in total. The number of carbonyl (C=O) groups is 2. The number of rotatable bonds is 1. The number of hydrogen-bond acceptors (Lipinski definition) is 5. The monoisotopic (exact) mass is 282 g/mol. The highest BCUT2D eigenvalue weighted by Gasteiger charge is 2.59. The van der Waals surface area contributed by atoms with Crippen LogP contribution in [0.2, 0.25) is 0 Å². The second-order valence-corrected chi connectivity index (χ2v) is 4.82. The topological polar surface area (TPSA) is 61.8 Å². The molecule has 0 aromatic heterocycles. The zero-order valence-corrected chi connectivity index (χ0v) is 11.1. The summed E-state index contributed by atoms with van der Waals surface area (Å²) in [6.07, 6.45) is 0. The van der Waals surface area contributed by atoms with E-state index in [1.54, 1.807) is 42.5 Å². The first-order valence-corrected chi connectivity index (χ1v) is 6.41. The summed E-state index contributed by atoms with van der Waals surface area (Å²) in [7, 11) is 1.49. The third-order valence-electron chi connectivity index (χ3n) is 3.73. The maximum Gasteiger partial charge on any atom is 0.347 e. The molecule has 2 aromatic rings. The van der Waals surface area contributed by atoms with Crippen LogP contribution in [0.25, 0.3) is 0 Å². The second kappa shape index (κ2) is 3.85. The molecular weight excluding hydrogens is 272 g/mol. The maximum absolute atomic E-state index is 12.7. The highest BCUT2D eigenvalue weighted by Crippen LogP contribution is 2.50. The van der Waals surface area contributed by atoms with Crippen molar-refractivity contribution in [2.75, 3.05) is 7.11 Å². The molecule has 2 aliphatic rings. The largest absolute Gasteiger partial charge is 0.493 e. The predicted octanol–water partition coefficient (Wildman–Crippen LogP) is 2.29. The first kappa shape index (κ1) is 12.0. The minimum atomic E-state index is -1.72. The van der Waals surface area contributed by atoms with E-state index in [9.17, 15) is 9.59 Å². The van der Waals surface area contributed by atoms with Crippen molar-refractivity contribution in [3.05, 3.63) is 59.2 Å². The van der Waals surface area contributed by atoms with Crippen LogP contribution in [-0.2, 0) is 10.5 Å². The molecule has 2 aliphatic heterocycles. The fourth-order valence-electron chi connectivity index (χ4n) is 2.76. The predicted molar refractivity (Wildman–Crippen MR) is 71.5 cm³/mol. The van der Waals surface area contributed by atoms with E-state index in [0.29, 0.717) is 28.2 Å². The summed E-state index contributed by atoms with van der Waals surface area (Å²) in [6, 6.07) is 11.7. The summed E-state index contributed by atoms with van der Waals surface area (Å²) < 4.78 is 16.3. The van der Waals surface area contributed by atoms with Crippen LogP contribution >= 0.6 is 0 Å². The minimum Gasteiger partial charge on any atom is -0.493 e. The van der Waals surface area contributed by atoms with Gasteiger partial charge in [0.2, 0.25) is 0 Å². The molecule has 5 nitrogen and oxygen atoms in total. The molecule has 0 amide bonds. The summed E-state index contributed by atoms with van der Waals surface area (Å²) >= 11 is 0. The van der Waals surface area contributed by atoms with Crippen LogP contribution in [-0.4, -0.2) is 18.9 Å². The summed E-state index contributed by atoms with van der Waals surface area (Å²) in [5.74, 6) is -1.95. The van der Waals surface area contributed by atoms with Gasteiger partial charge in [-0.1, -0.05) is 18.2 Å². The third-order valence-corrected chi connectivity index (χ3v) is 3.73. The Hall–Kier alpha value is -2.82. The van der Waals surface area contributed by atoms with Gasteiger partial charge in [0.05, 0.1) is 23.8 Å². The van der Waals surface area contributed by atoms with Gasteiger partial charge in [-0.25, -0.2) is 4.79 Å². The number of para-hydroxylation sites is 1. The Bertz CT molecular complexity index is 795. The van der Waals surface area contributed by atoms with Crippen LogP contribution < -0.4 is 9.47 Å². The van der Waals surface area contributed by atoms with Crippen molar-refractivity contribution >= 4 is 11.8 Å². The van der Waals surface area contributed by atoms with Gasteiger partial charge in [-0.15, -0.1) is 0 Å². The Morgan fingerprint density at radius 1 is 0.952 bits per heavy atom. The summed E-state index contributed by atoms with van der Waals surface area (Å²) in [5, 5.41) is 0. The van der Waals surface area contributed by atoms with Crippen molar-refractivity contribution in [3.8, 4) is 11.5 Å². The van der Waals surface area contributed by atoms with E-state index in [1.165, 1.54) is 7.11 Å². The molecule has 21 heavy (non-hydrogen) atoms. The lowest BCUT2D eigenvalue weighted by Crippen LogP contribution is -2.37. The van der Waals surface area contributed by atoms with Crippen molar-refractivity contribution in [1.82, 2.24) is 0 Å². The van der Waals surface area contributed by atoms with Gasteiger partial charge in [0.1, 0.15) is 0 Å². The molecule has 2 aromatic carbocycles. The van der Waals surface area contributed by atoms with Gasteiger partial charge in [-0.05, 0) is 24.3 Å². The Morgan fingerprint density at radius 2 is 1.71 bits per heavy atom. The molecule has 0 aliphatic carbocycles. The van der Waals surface area contributed by atoms with Gasteiger partial charge < -0.3 is 14.2 Å². The van der Waals surface area contributed by atoms with Crippen LogP contribution in [0, 0.1) is 0 Å². The molecule has 0 saturated carbocycles. The molecule has 2 heterocycles. The number of ketones is 1. The molecule has 0 bridgehead atoms. The minimum absolute atomic E-state index is 0.300. The van der Waals surface area contributed by atoms with Crippen molar-refractivity contribution < 1.29 is 23.8 Å². The molecule has 4 rings (SSSR count). The number of esters is 1. The van der Waals surface area contributed by atoms with E-state index < -0.39 is 17.5 Å². The molecular formula is C16H10O5. The summed E-state index contributed by atoms with van der Waals surface area (Å²) in [5.41, 5.74) is 1.12. The van der Waals surface area contributed by atoms with Crippen LogP contribution in [0.1, 0.15) is 26.3 Å². The van der Waals surface area contributed by atoms with Gasteiger partial charge in [0.25, 0.3) is 5.78 Å². The maximum atomic E-state index is 12.7. The Morgan fingerprint density at radius 3 is 2.52 bits per heavy atom. The molecule has 1 unspecified atom stereocenters. The van der Waals surface area contributed by atoms with Gasteiger partial charge in [-0.3, -0.25) is 4.79 Å². The summed E-state index contributed by atoms with van der Waals surface area (Å²) in [6.45, 7) is 0. The standard InChI is InChI=1S/C16H10O5/c1-19-12-8-4-6-10-13(12)20-16(14(10)17)11-7-3-2-5-9(11)15(18)21-16/h2-8H,1H3. The fraction of sp³-hybridized carbons (Fsp3) is 0.125. The number of hydrogen-bond donors (Lipinski definition) is 0. The number of benzene rings is 2. The highest BCUT2D eigenvalue weighted by molar-refractivity contribution is 6.12. The average molecular weight is 282 g/mol.